The van der Waals surface area contributed by atoms with E-state index in [-0.39, 0.29) is 12.6 Å². The normalized spacial score (nSPS) is 13.2. The highest BCUT2D eigenvalue weighted by Gasteiger charge is 2.14. The van der Waals surface area contributed by atoms with Crippen LogP contribution >= 0.6 is 0 Å². The highest BCUT2D eigenvalue weighted by molar-refractivity contribution is 5.89. The SMILES string of the molecule is CCCCC(C)C(C)c1ccc(COC(=O)c2ccc(N)cc2)cc1. The fourth-order valence-electron chi connectivity index (χ4n) is 2.87. The first-order chi connectivity index (χ1) is 12.0. The van der Waals surface area contributed by atoms with E-state index < -0.39 is 0 Å². The zero-order valence-electron chi connectivity index (χ0n) is 15.5. The Kier molecular flexibility index (Phi) is 7.05. The van der Waals surface area contributed by atoms with Crippen molar-refractivity contribution in [2.24, 2.45) is 5.92 Å². The minimum atomic E-state index is -0.328. The number of carbonyl (C=O) groups excluding carboxylic acids is 1. The van der Waals surface area contributed by atoms with Gasteiger partial charge in [0, 0.05) is 5.69 Å². The van der Waals surface area contributed by atoms with Crippen molar-refractivity contribution in [1.82, 2.24) is 0 Å². The molecular formula is C22H29NO2. The van der Waals surface area contributed by atoms with E-state index in [1.54, 1.807) is 24.3 Å². The number of ether oxygens (including phenoxy) is 1. The number of rotatable bonds is 8. The van der Waals surface area contributed by atoms with Gasteiger partial charge in [0.25, 0.3) is 0 Å². The average Bonchev–Trinajstić information content (AvgIpc) is 2.64. The third-order valence-corrected chi connectivity index (χ3v) is 4.89. The van der Waals surface area contributed by atoms with Crippen LogP contribution in [-0.2, 0) is 11.3 Å². The molecule has 0 amide bonds. The quantitative estimate of drug-likeness (QED) is 0.506. The number of anilines is 1. The zero-order valence-corrected chi connectivity index (χ0v) is 15.5. The molecule has 3 nitrogen and oxygen atoms in total. The number of hydrogen-bond acceptors (Lipinski definition) is 3. The summed E-state index contributed by atoms with van der Waals surface area (Å²) in [5.41, 5.74) is 9.12. The third kappa shape index (κ3) is 5.63. The Balaban J connectivity index is 1.89. The fraction of sp³-hybridized carbons (Fsp3) is 0.409. The largest absolute Gasteiger partial charge is 0.457 e. The number of carbonyl (C=O) groups is 1. The van der Waals surface area contributed by atoms with Crippen LogP contribution in [0.3, 0.4) is 0 Å². The Bertz CT molecular complexity index is 661. The molecule has 0 heterocycles. The van der Waals surface area contributed by atoms with Crippen LogP contribution < -0.4 is 5.73 Å². The van der Waals surface area contributed by atoms with Gasteiger partial charge in [0.15, 0.2) is 0 Å². The lowest BCUT2D eigenvalue weighted by Gasteiger charge is -2.20. The summed E-state index contributed by atoms with van der Waals surface area (Å²) in [7, 11) is 0. The Morgan fingerprint density at radius 1 is 1.04 bits per heavy atom. The summed E-state index contributed by atoms with van der Waals surface area (Å²) < 4.78 is 5.38. The number of nitrogens with two attached hydrogens (primary N) is 1. The van der Waals surface area contributed by atoms with Gasteiger partial charge in [0.1, 0.15) is 6.61 Å². The summed E-state index contributed by atoms with van der Waals surface area (Å²) in [6.45, 7) is 7.13. The van der Waals surface area contributed by atoms with Gasteiger partial charge in [-0.25, -0.2) is 4.79 Å². The lowest BCUT2D eigenvalue weighted by molar-refractivity contribution is 0.0472. The molecule has 25 heavy (non-hydrogen) atoms. The van der Waals surface area contributed by atoms with Crippen LogP contribution in [-0.4, -0.2) is 5.97 Å². The van der Waals surface area contributed by atoms with Crippen LogP contribution in [0.25, 0.3) is 0 Å². The predicted molar refractivity (Wildman–Crippen MR) is 104 cm³/mol. The number of unbranched alkanes of at least 4 members (excludes halogenated alkanes) is 1. The standard InChI is InChI=1S/C22H29NO2/c1-4-5-6-16(2)17(3)19-9-7-18(8-10-19)15-25-22(24)20-11-13-21(23)14-12-20/h7-14,16-17H,4-6,15,23H2,1-3H3. The Morgan fingerprint density at radius 2 is 1.68 bits per heavy atom. The van der Waals surface area contributed by atoms with E-state index in [0.29, 0.717) is 23.1 Å². The molecule has 2 atom stereocenters. The third-order valence-electron chi connectivity index (χ3n) is 4.89. The molecule has 3 heteroatoms. The van der Waals surface area contributed by atoms with E-state index in [1.165, 1.54) is 24.8 Å². The molecule has 0 fully saturated rings. The molecule has 0 saturated heterocycles. The lowest BCUT2D eigenvalue weighted by Crippen LogP contribution is -2.07. The van der Waals surface area contributed by atoms with E-state index in [2.05, 4.69) is 45.0 Å². The van der Waals surface area contributed by atoms with Crippen molar-refractivity contribution in [3.05, 3.63) is 65.2 Å². The van der Waals surface area contributed by atoms with E-state index in [0.717, 1.165) is 5.56 Å². The maximum atomic E-state index is 12.0. The molecule has 0 radical (unpaired) electrons. The molecule has 2 rings (SSSR count). The number of benzene rings is 2. The van der Waals surface area contributed by atoms with Crippen LogP contribution in [0.15, 0.2) is 48.5 Å². The van der Waals surface area contributed by atoms with Crippen LogP contribution in [0, 0.1) is 5.92 Å². The molecule has 0 aromatic heterocycles. The smallest absolute Gasteiger partial charge is 0.338 e. The van der Waals surface area contributed by atoms with Gasteiger partial charge in [0.2, 0.25) is 0 Å². The number of esters is 1. The van der Waals surface area contributed by atoms with Crippen molar-refractivity contribution in [1.29, 1.82) is 0 Å². The van der Waals surface area contributed by atoms with E-state index in [4.69, 9.17) is 10.5 Å². The molecular weight excluding hydrogens is 310 g/mol. The molecule has 0 saturated carbocycles. The van der Waals surface area contributed by atoms with E-state index >= 15 is 0 Å². The van der Waals surface area contributed by atoms with Crippen LogP contribution in [0.4, 0.5) is 5.69 Å². The molecule has 0 aliphatic rings. The van der Waals surface area contributed by atoms with Crippen molar-refractivity contribution < 1.29 is 9.53 Å². The van der Waals surface area contributed by atoms with Gasteiger partial charge in [-0.1, -0.05) is 64.3 Å². The Labute approximate surface area is 151 Å². The maximum Gasteiger partial charge on any atom is 0.338 e. The van der Waals surface area contributed by atoms with Crippen molar-refractivity contribution >= 4 is 11.7 Å². The van der Waals surface area contributed by atoms with Gasteiger partial charge < -0.3 is 10.5 Å². The molecule has 2 aromatic rings. The van der Waals surface area contributed by atoms with Crippen molar-refractivity contribution in [3.63, 3.8) is 0 Å². The monoisotopic (exact) mass is 339 g/mol. The van der Waals surface area contributed by atoms with Gasteiger partial charge in [0.05, 0.1) is 5.56 Å². The second-order valence-corrected chi connectivity index (χ2v) is 6.85. The van der Waals surface area contributed by atoms with E-state index in [9.17, 15) is 4.79 Å². The topological polar surface area (TPSA) is 52.3 Å². The summed E-state index contributed by atoms with van der Waals surface area (Å²) in [5, 5.41) is 0. The molecule has 2 N–H and O–H groups in total. The fourth-order valence-corrected chi connectivity index (χ4v) is 2.87. The van der Waals surface area contributed by atoms with Crippen LogP contribution in [0.1, 0.15) is 67.4 Å². The van der Waals surface area contributed by atoms with Crippen molar-refractivity contribution in [2.45, 2.75) is 52.6 Å². The lowest BCUT2D eigenvalue weighted by atomic mass is 9.85. The molecule has 0 spiro atoms. The predicted octanol–water partition coefficient (Wildman–Crippen LogP) is 5.56. The Hall–Kier alpha value is -2.29. The molecule has 2 unspecified atom stereocenters. The minimum absolute atomic E-state index is 0.281. The van der Waals surface area contributed by atoms with Gasteiger partial charge in [-0.15, -0.1) is 0 Å². The summed E-state index contributed by atoms with van der Waals surface area (Å²) in [6.07, 6.45) is 3.79. The Morgan fingerprint density at radius 3 is 2.28 bits per heavy atom. The van der Waals surface area contributed by atoms with E-state index in [1.807, 2.05) is 0 Å². The molecule has 0 bridgehead atoms. The van der Waals surface area contributed by atoms with Crippen LogP contribution in [0.5, 0.6) is 0 Å². The molecule has 0 aliphatic heterocycles. The zero-order chi connectivity index (χ0) is 18.2. The van der Waals surface area contributed by atoms with Crippen molar-refractivity contribution in [3.8, 4) is 0 Å². The summed E-state index contributed by atoms with van der Waals surface area (Å²) in [6, 6.07) is 15.2. The average molecular weight is 339 g/mol. The second kappa shape index (κ2) is 9.26. The highest BCUT2D eigenvalue weighted by Crippen LogP contribution is 2.28. The summed E-state index contributed by atoms with van der Waals surface area (Å²) in [5.74, 6) is 0.887. The van der Waals surface area contributed by atoms with Gasteiger partial charge in [-0.05, 0) is 47.2 Å². The van der Waals surface area contributed by atoms with Gasteiger partial charge >= 0.3 is 5.97 Å². The highest BCUT2D eigenvalue weighted by atomic mass is 16.5. The van der Waals surface area contributed by atoms with Gasteiger partial charge in [-0.3, -0.25) is 0 Å². The first-order valence-electron chi connectivity index (χ1n) is 9.12. The summed E-state index contributed by atoms with van der Waals surface area (Å²) >= 11 is 0. The number of hydrogen-bond donors (Lipinski definition) is 1. The minimum Gasteiger partial charge on any atom is -0.457 e. The first kappa shape index (κ1) is 19.0. The summed E-state index contributed by atoms with van der Waals surface area (Å²) in [4.78, 5) is 12.0. The van der Waals surface area contributed by atoms with Crippen LogP contribution in [0.2, 0.25) is 0 Å². The second-order valence-electron chi connectivity index (χ2n) is 6.85. The molecule has 2 aromatic carbocycles. The molecule has 134 valence electrons. The first-order valence-corrected chi connectivity index (χ1v) is 9.12. The van der Waals surface area contributed by atoms with Crippen molar-refractivity contribution in [2.75, 3.05) is 5.73 Å². The maximum absolute atomic E-state index is 12.0. The van der Waals surface area contributed by atoms with Gasteiger partial charge in [-0.2, -0.15) is 0 Å². The molecule has 0 aliphatic carbocycles. The number of nitrogen functional groups attached to an aromatic ring is 1.